The van der Waals surface area contributed by atoms with E-state index in [-0.39, 0.29) is 30.2 Å². The molecule has 2 amide bonds. The Hall–Kier alpha value is -3.42. The van der Waals surface area contributed by atoms with Crippen molar-refractivity contribution in [1.29, 1.82) is 0 Å². The van der Waals surface area contributed by atoms with Gasteiger partial charge < -0.3 is 19.3 Å². The van der Waals surface area contributed by atoms with Crippen LogP contribution in [0.4, 0.5) is 0 Å². The number of pyridine rings is 1. The second-order valence-corrected chi connectivity index (χ2v) is 8.66. The molecule has 182 valence electrons. The lowest BCUT2D eigenvalue weighted by atomic mass is 9.97. The highest BCUT2D eigenvalue weighted by Crippen LogP contribution is 2.26. The van der Waals surface area contributed by atoms with Crippen LogP contribution < -0.4 is 4.74 Å². The zero-order valence-electron chi connectivity index (χ0n) is 20.4. The molecular formula is C26H33N3O5. The second-order valence-electron chi connectivity index (χ2n) is 8.66. The Kier molecular flexibility index (Phi) is 8.62. The molecule has 2 aromatic rings. The predicted octanol–water partition coefficient (Wildman–Crippen LogP) is 3.15. The average molecular weight is 468 g/mol. The van der Waals surface area contributed by atoms with Gasteiger partial charge >= 0.3 is 5.97 Å². The van der Waals surface area contributed by atoms with E-state index in [2.05, 4.69) is 4.98 Å². The first kappa shape index (κ1) is 25.2. The van der Waals surface area contributed by atoms with Crippen molar-refractivity contribution in [2.45, 2.75) is 40.2 Å². The molecule has 0 bridgehead atoms. The second kappa shape index (κ2) is 11.6. The zero-order valence-corrected chi connectivity index (χ0v) is 20.4. The Morgan fingerprint density at radius 2 is 1.82 bits per heavy atom. The maximum atomic E-state index is 13.0. The van der Waals surface area contributed by atoms with Crippen LogP contribution in [0, 0.1) is 19.8 Å². The standard InChI is InChI=1S/C26H33N3O5/c1-5-33-26(32)21-8-11-29(12-9-21)23(30)16-28(4)25(31)22-13-18(2)24(19(3)14-22)34-17-20-7-6-10-27-15-20/h6-7,10,13-15,21H,5,8-9,11-12,16-17H2,1-4H3. The predicted molar refractivity (Wildman–Crippen MR) is 127 cm³/mol. The number of rotatable bonds is 8. The minimum Gasteiger partial charge on any atom is -0.488 e. The molecule has 0 radical (unpaired) electrons. The molecule has 8 heteroatoms. The molecule has 1 saturated heterocycles. The number of hydrogen-bond donors (Lipinski definition) is 0. The van der Waals surface area contributed by atoms with Crippen LogP contribution in [0.5, 0.6) is 5.75 Å². The summed E-state index contributed by atoms with van der Waals surface area (Å²) in [5, 5.41) is 0. The van der Waals surface area contributed by atoms with E-state index >= 15 is 0 Å². The maximum Gasteiger partial charge on any atom is 0.309 e. The number of amides is 2. The van der Waals surface area contributed by atoms with Crippen LogP contribution in [0.1, 0.15) is 46.8 Å². The number of carbonyl (C=O) groups is 3. The number of aromatic nitrogens is 1. The molecular weight excluding hydrogens is 434 g/mol. The van der Waals surface area contributed by atoms with Crippen LogP contribution in [0.2, 0.25) is 0 Å². The van der Waals surface area contributed by atoms with Gasteiger partial charge in [-0.1, -0.05) is 6.07 Å². The van der Waals surface area contributed by atoms with Crippen LogP contribution in [0.15, 0.2) is 36.7 Å². The van der Waals surface area contributed by atoms with Gasteiger partial charge in [-0.05, 0) is 62.9 Å². The van der Waals surface area contributed by atoms with Gasteiger partial charge in [-0.15, -0.1) is 0 Å². The summed E-state index contributed by atoms with van der Waals surface area (Å²) in [6, 6.07) is 7.39. The summed E-state index contributed by atoms with van der Waals surface area (Å²) in [4.78, 5) is 44.9. The molecule has 8 nitrogen and oxygen atoms in total. The van der Waals surface area contributed by atoms with Gasteiger partial charge in [0.1, 0.15) is 12.4 Å². The number of esters is 1. The summed E-state index contributed by atoms with van der Waals surface area (Å²) in [6.45, 7) is 7.32. The number of aryl methyl sites for hydroxylation is 2. The lowest BCUT2D eigenvalue weighted by molar-refractivity contribution is -0.151. The van der Waals surface area contributed by atoms with Gasteiger partial charge in [0.2, 0.25) is 5.91 Å². The minimum absolute atomic E-state index is 0.0136. The smallest absolute Gasteiger partial charge is 0.309 e. The summed E-state index contributed by atoms with van der Waals surface area (Å²) in [7, 11) is 1.63. The van der Waals surface area contributed by atoms with E-state index in [0.717, 1.165) is 22.4 Å². The summed E-state index contributed by atoms with van der Waals surface area (Å²) in [5.41, 5.74) is 3.19. The summed E-state index contributed by atoms with van der Waals surface area (Å²) in [5.74, 6) is 0.0418. The van der Waals surface area contributed by atoms with Crippen molar-refractivity contribution < 1.29 is 23.9 Å². The van der Waals surface area contributed by atoms with E-state index < -0.39 is 0 Å². The Bertz CT molecular complexity index is 993. The van der Waals surface area contributed by atoms with Crippen LogP contribution in [0.3, 0.4) is 0 Å². The first-order valence-corrected chi connectivity index (χ1v) is 11.6. The largest absolute Gasteiger partial charge is 0.488 e. The molecule has 1 fully saturated rings. The van der Waals surface area contributed by atoms with E-state index in [0.29, 0.717) is 44.7 Å². The van der Waals surface area contributed by atoms with Crippen LogP contribution in [0.25, 0.3) is 0 Å². The summed E-state index contributed by atoms with van der Waals surface area (Å²) >= 11 is 0. The van der Waals surface area contributed by atoms with Gasteiger partial charge in [0.05, 0.1) is 19.1 Å². The van der Waals surface area contributed by atoms with Gasteiger partial charge in [0.25, 0.3) is 5.91 Å². The number of ether oxygens (including phenoxy) is 2. The Labute approximate surface area is 200 Å². The van der Waals surface area contributed by atoms with Crippen molar-refractivity contribution in [1.82, 2.24) is 14.8 Å². The Morgan fingerprint density at radius 3 is 2.41 bits per heavy atom. The monoisotopic (exact) mass is 467 g/mol. The molecule has 1 aliphatic heterocycles. The number of nitrogens with zero attached hydrogens (tertiary/aromatic N) is 3. The zero-order chi connectivity index (χ0) is 24.7. The molecule has 2 heterocycles. The molecule has 34 heavy (non-hydrogen) atoms. The molecule has 0 atom stereocenters. The number of carbonyl (C=O) groups excluding carboxylic acids is 3. The van der Waals surface area contributed by atoms with E-state index in [1.165, 1.54) is 4.90 Å². The number of likely N-dealkylation sites (N-methyl/N-ethyl adjacent to an activating group) is 1. The summed E-state index contributed by atoms with van der Waals surface area (Å²) in [6.07, 6.45) is 4.64. The van der Waals surface area contributed by atoms with Gasteiger partial charge in [0, 0.05) is 43.7 Å². The Balaban J connectivity index is 1.56. The van der Waals surface area contributed by atoms with Gasteiger partial charge in [0.15, 0.2) is 0 Å². The highest BCUT2D eigenvalue weighted by atomic mass is 16.5. The molecule has 0 aliphatic carbocycles. The van der Waals surface area contributed by atoms with E-state index in [9.17, 15) is 14.4 Å². The minimum atomic E-state index is -0.222. The molecule has 0 saturated carbocycles. The average Bonchev–Trinajstić information content (AvgIpc) is 2.83. The van der Waals surface area contributed by atoms with Crippen molar-refractivity contribution in [2.75, 3.05) is 33.3 Å². The van der Waals surface area contributed by atoms with Gasteiger partial charge in [-0.2, -0.15) is 0 Å². The molecule has 0 N–H and O–H groups in total. The molecule has 1 aromatic carbocycles. The third-order valence-corrected chi connectivity index (χ3v) is 6.00. The Morgan fingerprint density at radius 1 is 1.15 bits per heavy atom. The normalized spacial score (nSPS) is 13.9. The van der Waals surface area contributed by atoms with Crippen molar-refractivity contribution >= 4 is 17.8 Å². The molecule has 0 spiro atoms. The van der Waals surface area contributed by atoms with Crippen LogP contribution in [-0.2, 0) is 20.9 Å². The quantitative estimate of drug-likeness (QED) is 0.554. The maximum absolute atomic E-state index is 13.0. The molecule has 3 rings (SSSR count). The number of piperidine rings is 1. The molecule has 0 unspecified atom stereocenters. The molecule has 1 aromatic heterocycles. The lowest BCUT2D eigenvalue weighted by Gasteiger charge is -2.32. The first-order chi connectivity index (χ1) is 16.3. The summed E-state index contributed by atoms with van der Waals surface area (Å²) < 4.78 is 11.1. The topological polar surface area (TPSA) is 89.0 Å². The third-order valence-electron chi connectivity index (χ3n) is 6.00. The highest BCUT2D eigenvalue weighted by Gasteiger charge is 2.29. The first-order valence-electron chi connectivity index (χ1n) is 11.6. The van der Waals surface area contributed by atoms with Crippen molar-refractivity contribution in [3.63, 3.8) is 0 Å². The van der Waals surface area contributed by atoms with Crippen molar-refractivity contribution in [3.8, 4) is 5.75 Å². The van der Waals surface area contributed by atoms with E-state index in [1.807, 2.05) is 26.0 Å². The molecule has 1 aliphatic rings. The van der Waals surface area contributed by atoms with Crippen molar-refractivity contribution in [3.05, 3.63) is 58.9 Å². The lowest BCUT2D eigenvalue weighted by Crippen LogP contribution is -2.45. The fourth-order valence-electron chi connectivity index (χ4n) is 4.16. The van der Waals surface area contributed by atoms with E-state index in [1.54, 1.807) is 43.4 Å². The van der Waals surface area contributed by atoms with E-state index in [4.69, 9.17) is 9.47 Å². The van der Waals surface area contributed by atoms with Crippen LogP contribution >= 0.6 is 0 Å². The third kappa shape index (κ3) is 6.34. The number of benzene rings is 1. The fourth-order valence-corrected chi connectivity index (χ4v) is 4.16. The van der Waals surface area contributed by atoms with Crippen LogP contribution in [-0.4, -0.2) is 65.9 Å². The fraction of sp³-hybridized carbons (Fsp3) is 0.462. The number of hydrogen-bond acceptors (Lipinski definition) is 6. The highest BCUT2D eigenvalue weighted by molar-refractivity contribution is 5.97. The van der Waals surface area contributed by atoms with Crippen molar-refractivity contribution in [2.24, 2.45) is 5.92 Å². The van der Waals surface area contributed by atoms with Gasteiger partial charge in [-0.3, -0.25) is 19.4 Å². The SMILES string of the molecule is CCOC(=O)C1CCN(C(=O)CN(C)C(=O)c2cc(C)c(OCc3cccnc3)c(C)c2)CC1. The number of likely N-dealkylation sites (tertiary alicyclic amines) is 1. The van der Waals surface area contributed by atoms with Gasteiger partial charge in [-0.25, -0.2) is 0 Å².